The summed E-state index contributed by atoms with van der Waals surface area (Å²) >= 11 is 0. The largest absolute Gasteiger partial charge is 0.464 e. The van der Waals surface area contributed by atoms with E-state index >= 15 is 0 Å². The van der Waals surface area contributed by atoms with Crippen LogP contribution in [0, 0.1) is 0 Å². The van der Waals surface area contributed by atoms with Crippen LogP contribution in [0.5, 0.6) is 0 Å². The molecule has 0 heterocycles. The predicted molar refractivity (Wildman–Crippen MR) is 59.5 cm³/mol. The predicted octanol–water partition coefficient (Wildman–Crippen LogP) is -1.28. The number of ether oxygens (including phenoxy) is 1. The van der Waals surface area contributed by atoms with Gasteiger partial charge in [-0.3, -0.25) is 9.79 Å². The zero-order valence-electron chi connectivity index (χ0n) is 9.31. The Bertz CT molecular complexity index is 251. The van der Waals surface area contributed by atoms with Crippen LogP contribution >= 0.6 is 0 Å². The average Bonchev–Trinajstić information content (AvgIpc) is 2.22. The number of nitrogens with zero attached hydrogens (tertiary/aromatic N) is 1. The topological polar surface area (TPSA) is 120 Å². The Hall–Kier alpha value is -1.79. The average molecular weight is 230 g/mol. The second-order valence-corrected chi connectivity index (χ2v) is 3.04. The molecule has 0 rings (SSSR count). The maximum atomic E-state index is 11.3. The summed E-state index contributed by atoms with van der Waals surface area (Å²) in [5.74, 6) is -0.435. The van der Waals surface area contributed by atoms with Gasteiger partial charge < -0.3 is 21.5 Å². The Kier molecular flexibility index (Phi) is 7.56. The first-order valence-electron chi connectivity index (χ1n) is 5.03. The fourth-order valence-corrected chi connectivity index (χ4v) is 1.10. The highest BCUT2D eigenvalue weighted by Gasteiger charge is 2.17. The van der Waals surface area contributed by atoms with Crippen LogP contribution in [0.15, 0.2) is 4.99 Å². The molecule has 0 aromatic rings. The third-order valence-electron chi connectivity index (χ3n) is 1.79. The third kappa shape index (κ3) is 6.63. The van der Waals surface area contributed by atoms with Gasteiger partial charge in [0.05, 0.1) is 6.61 Å². The minimum absolute atomic E-state index is 0.0102. The van der Waals surface area contributed by atoms with E-state index in [0.29, 0.717) is 25.8 Å². The SMILES string of the molecule is CCOC(=O)C(CCCN=C(N)N)NC=O. The van der Waals surface area contributed by atoms with E-state index in [1.165, 1.54) is 0 Å². The molecule has 0 aromatic carbocycles. The molecule has 0 aliphatic carbocycles. The highest BCUT2D eigenvalue weighted by atomic mass is 16.5. The first-order chi connectivity index (χ1) is 7.61. The van der Waals surface area contributed by atoms with Gasteiger partial charge >= 0.3 is 5.97 Å². The van der Waals surface area contributed by atoms with Crippen LogP contribution < -0.4 is 16.8 Å². The van der Waals surface area contributed by atoms with Gasteiger partial charge in [0.25, 0.3) is 0 Å². The minimum atomic E-state index is -0.633. The van der Waals surface area contributed by atoms with Crippen LogP contribution in [0.25, 0.3) is 0 Å². The molecule has 0 bridgehead atoms. The number of aliphatic imine (C=N–C) groups is 1. The molecule has 0 fully saturated rings. The van der Waals surface area contributed by atoms with Crippen LogP contribution in [-0.2, 0) is 14.3 Å². The van der Waals surface area contributed by atoms with Gasteiger partial charge in [0.2, 0.25) is 6.41 Å². The van der Waals surface area contributed by atoms with E-state index in [0.717, 1.165) is 0 Å². The summed E-state index contributed by atoms with van der Waals surface area (Å²) in [5.41, 5.74) is 10.3. The van der Waals surface area contributed by atoms with Gasteiger partial charge in [0.1, 0.15) is 6.04 Å². The Morgan fingerprint density at radius 3 is 2.75 bits per heavy atom. The van der Waals surface area contributed by atoms with E-state index in [4.69, 9.17) is 16.2 Å². The van der Waals surface area contributed by atoms with E-state index in [1.54, 1.807) is 6.92 Å². The second kappa shape index (κ2) is 8.51. The van der Waals surface area contributed by atoms with Crippen molar-refractivity contribution >= 4 is 18.3 Å². The van der Waals surface area contributed by atoms with Crippen molar-refractivity contribution < 1.29 is 14.3 Å². The van der Waals surface area contributed by atoms with Crippen LogP contribution in [0.4, 0.5) is 0 Å². The summed E-state index contributed by atoms with van der Waals surface area (Å²) in [7, 11) is 0. The molecule has 0 aliphatic rings. The molecule has 92 valence electrons. The van der Waals surface area contributed by atoms with Gasteiger partial charge in [-0.05, 0) is 19.8 Å². The Morgan fingerprint density at radius 1 is 1.56 bits per heavy atom. The van der Waals surface area contributed by atoms with Crippen LogP contribution in [0.3, 0.4) is 0 Å². The molecule has 0 aliphatic heterocycles. The van der Waals surface area contributed by atoms with E-state index < -0.39 is 12.0 Å². The summed E-state index contributed by atoms with van der Waals surface area (Å²) < 4.78 is 4.79. The Labute approximate surface area is 94.2 Å². The van der Waals surface area contributed by atoms with Crippen molar-refractivity contribution in [3.63, 3.8) is 0 Å². The first-order valence-corrected chi connectivity index (χ1v) is 5.03. The molecule has 0 aromatic heterocycles. The molecule has 1 atom stereocenters. The summed E-state index contributed by atoms with van der Waals surface area (Å²) in [6, 6.07) is -0.633. The first kappa shape index (κ1) is 14.2. The van der Waals surface area contributed by atoms with Crippen molar-refractivity contribution in [1.29, 1.82) is 0 Å². The number of hydrogen-bond acceptors (Lipinski definition) is 4. The fourth-order valence-electron chi connectivity index (χ4n) is 1.10. The smallest absolute Gasteiger partial charge is 0.328 e. The summed E-state index contributed by atoms with van der Waals surface area (Å²) in [6.45, 7) is 2.40. The molecule has 1 unspecified atom stereocenters. The lowest BCUT2D eigenvalue weighted by molar-refractivity contribution is -0.146. The van der Waals surface area contributed by atoms with Crippen molar-refractivity contribution in [2.75, 3.05) is 13.2 Å². The van der Waals surface area contributed by atoms with Gasteiger partial charge in [-0.1, -0.05) is 0 Å². The molecule has 0 saturated carbocycles. The highest BCUT2D eigenvalue weighted by Crippen LogP contribution is 2.00. The van der Waals surface area contributed by atoms with Crippen molar-refractivity contribution in [2.24, 2.45) is 16.5 Å². The normalized spacial score (nSPS) is 11.3. The zero-order chi connectivity index (χ0) is 12.4. The van der Waals surface area contributed by atoms with Crippen molar-refractivity contribution in [2.45, 2.75) is 25.8 Å². The monoisotopic (exact) mass is 230 g/mol. The van der Waals surface area contributed by atoms with E-state index in [1.807, 2.05) is 0 Å². The Balaban J connectivity index is 3.98. The number of rotatable bonds is 8. The van der Waals surface area contributed by atoms with Crippen LogP contribution in [0.2, 0.25) is 0 Å². The van der Waals surface area contributed by atoms with Gasteiger partial charge in [-0.15, -0.1) is 0 Å². The summed E-state index contributed by atoms with van der Waals surface area (Å²) in [5, 5.41) is 2.39. The van der Waals surface area contributed by atoms with Gasteiger partial charge in [-0.25, -0.2) is 4.79 Å². The molecule has 0 spiro atoms. The summed E-state index contributed by atoms with van der Waals surface area (Å²) in [6.07, 6.45) is 1.50. The summed E-state index contributed by atoms with van der Waals surface area (Å²) in [4.78, 5) is 25.4. The van der Waals surface area contributed by atoms with Crippen molar-refractivity contribution in [3.05, 3.63) is 0 Å². The zero-order valence-corrected chi connectivity index (χ0v) is 9.31. The number of carbonyl (C=O) groups excluding carboxylic acids is 2. The molecule has 0 radical (unpaired) electrons. The molecule has 1 amide bonds. The number of nitrogens with one attached hydrogen (secondary N) is 1. The number of carbonyl (C=O) groups is 2. The van der Waals surface area contributed by atoms with E-state index in [-0.39, 0.29) is 12.6 Å². The molecular formula is C9H18N4O3. The lowest BCUT2D eigenvalue weighted by Crippen LogP contribution is -2.37. The number of nitrogens with two attached hydrogens (primary N) is 2. The maximum absolute atomic E-state index is 11.3. The van der Waals surface area contributed by atoms with Gasteiger partial charge in [0.15, 0.2) is 5.96 Å². The second-order valence-electron chi connectivity index (χ2n) is 3.04. The number of hydrogen-bond donors (Lipinski definition) is 3. The standard InChI is InChI=1S/C9H18N4O3/c1-2-16-8(15)7(13-6-14)4-3-5-12-9(10)11/h6-7H,2-5H2,1H3,(H,13,14)(H4,10,11,12). The third-order valence-corrected chi connectivity index (χ3v) is 1.79. The number of esters is 1. The van der Waals surface area contributed by atoms with Gasteiger partial charge in [-0.2, -0.15) is 0 Å². The quantitative estimate of drug-likeness (QED) is 0.158. The lowest BCUT2D eigenvalue weighted by atomic mass is 10.1. The molecule has 16 heavy (non-hydrogen) atoms. The number of amides is 1. The lowest BCUT2D eigenvalue weighted by Gasteiger charge is -2.13. The van der Waals surface area contributed by atoms with Gasteiger partial charge in [0, 0.05) is 6.54 Å². The molecule has 5 N–H and O–H groups in total. The molecule has 7 heteroatoms. The molecular weight excluding hydrogens is 212 g/mol. The minimum Gasteiger partial charge on any atom is -0.464 e. The van der Waals surface area contributed by atoms with Crippen molar-refractivity contribution in [1.82, 2.24) is 5.32 Å². The molecule has 0 saturated heterocycles. The van der Waals surface area contributed by atoms with E-state index in [2.05, 4.69) is 10.3 Å². The maximum Gasteiger partial charge on any atom is 0.328 e. The van der Waals surface area contributed by atoms with E-state index in [9.17, 15) is 9.59 Å². The Morgan fingerprint density at radius 2 is 2.25 bits per heavy atom. The van der Waals surface area contributed by atoms with Crippen molar-refractivity contribution in [3.8, 4) is 0 Å². The van der Waals surface area contributed by atoms with Crippen LogP contribution in [-0.4, -0.2) is 37.5 Å². The van der Waals surface area contributed by atoms with Crippen LogP contribution in [0.1, 0.15) is 19.8 Å². The number of guanidine groups is 1. The fraction of sp³-hybridized carbons (Fsp3) is 0.667. The molecule has 7 nitrogen and oxygen atoms in total. The highest BCUT2D eigenvalue weighted by molar-refractivity contribution is 5.78.